The van der Waals surface area contributed by atoms with Crippen molar-refractivity contribution in [2.45, 2.75) is 0 Å². The molecular formula is C14H6Br2N2S. The van der Waals surface area contributed by atoms with E-state index in [1.807, 2.05) is 24.3 Å². The molecule has 0 spiro atoms. The summed E-state index contributed by atoms with van der Waals surface area (Å²) in [6.45, 7) is 0. The number of hydrogen-bond acceptors (Lipinski definition) is 3. The van der Waals surface area contributed by atoms with Gasteiger partial charge >= 0.3 is 0 Å². The molecule has 0 saturated heterocycles. The van der Waals surface area contributed by atoms with Crippen molar-refractivity contribution in [2.75, 3.05) is 0 Å². The highest BCUT2D eigenvalue weighted by Crippen LogP contribution is 2.34. The molecule has 0 saturated carbocycles. The Hall–Kier alpha value is -1.04. The van der Waals surface area contributed by atoms with Crippen LogP contribution in [0.1, 0.15) is 0 Å². The molecule has 19 heavy (non-hydrogen) atoms. The minimum absolute atomic E-state index is 0.908. The van der Waals surface area contributed by atoms with E-state index in [4.69, 9.17) is 9.97 Å². The number of nitrogens with zero attached hydrogens (tertiary/aromatic N) is 2. The smallest absolute Gasteiger partial charge is 0.143 e. The zero-order chi connectivity index (χ0) is 13.0. The molecule has 0 unspecified atom stereocenters. The SMILES string of the molecule is Brc1cc2nc3sc4ccccc4c3nc2cc1Br. The van der Waals surface area contributed by atoms with Gasteiger partial charge in [-0.1, -0.05) is 18.2 Å². The molecule has 2 aromatic heterocycles. The topological polar surface area (TPSA) is 25.8 Å². The van der Waals surface area contributed by atoms with Crippen LogP contribution >= 0.6 is 43.2 Å². The van der Waals surface area contributed by atoms with E-state index in [2.05, 4.69) is 44.0 Å². The van der Waals surface area contributed by atoms with Gasteiger partial charge in [-0.3, -0.25) is 0 Å². The van der Waals surface area contributed by atoms with E-state index in [9.17, 15) is 0 Å². The summed E-state index contributed by atoms with van der Waals surface area (Å²) in [6.07, 6.45) is 0. The summed E-state index contributed by atoms with van der Waals surface area (Å²) in [4.78, 5) is 10.5. The Morgan fingerprint density at radius 1 is 0.895 bits per heavy atom. The minimum atomic E-state index is 0.908. The summed E-state index contributed by atoms with van der Waals surface area (Å²) in [6, 6.07) is 12.3. The van der Waals surface area contributed by atoms with Gasteiger partial charge < -0.3 is 0 Å². The first kappa shape index (κ1) is 11.8. The first-order valence-electron chi connectivity index (χ1n) is 5.66. The summed E-state index contributed by atoms with van der Waals surface area (Å²) in [5.41, 5.74) is 2.81. The maximum absolute atomic E-state index is 4.76. The van der Waals surface area contributed by atoms with E-state index in [1.54, 1.807) is 11.3 Å². The Bertz CT molecular complexity index is 946. The molecule has 2 aromatic carbocycles. The molecule has 2 nitrogen and oxygen atoms in total. The molecule has 0 bridgehead atoms. The lowest BCUT2D eigenvalue weighted by atomic mass is 10.2. The second-order valence-electron chi connectivity index (χ2n) is 4.23. The van der Waals surface area contributed by atoms with Crippen LogP contribution in [-0.4, -0.2) is 9.97 Å². The predicted molar refractivity (Wildman–Crippen MR) is 87.8 cm³/mol. The van der Waals surface area contributed by atoms with Gasteiger partial charge in [-0.15, -0.1) is 11.3 Å². The first-order valence-corrected chi connectivity index (χ1v) is 8.07. The minimum Gasteiger partial charge on any atom is -0.243 e. The number of fused-ring (bicyclic) bond motifs is 4. The van der Waals surface area contributed by atoms with Crippen molar-refractivity contribution >= 4 is 74.7 Å². The molecule has 0 N–H and O–H groups in total. The van der Waals surface area contributed by atoms with Crippen LogP contribution in [0.15, 0.2) is 45.3 Å². The van der Waals surface area contributed by atoms with Crippen molar-refractivity contribution in [3.05, 3.63) is 45.3 Å². The van der Waals surface area contributed by atoms with Gasteiger partial charge in [-0.25, -0.2) is 9.97 Å². The van der Waals surface area contributed by atoms with Gasteiger partial charge in [0.1, 0.15) is 10.3 Å². The highest BCUT2D eigenvalue weighted by atomic mass is 79.9. The van der Waals surface area contributed by atoms with E-state index in [0.29, 0.717) is 0 Å². The average Bonchev–Trinajstić information content (AvgIpc) is 2.75. The van der Waals surface area contributed by atoms with Gasteiger partial charge in [-0.05, 0) is 50.1 Å². The van der Waals surface area contributed by atoms with Crippen LogP contribution in [0.25, 0.3) is 31.5 Å². The molecule has 0 aliphatic rings. The molecule has 0 aliphatic heterocycles. The van der Waals surface area contributed by atoms with Crippen molar-refractivity contribution in [3.8, 4) is 0 Å². The molecule has 4 aromatic rings. The number of benzene rings is 2. The van der Waals surface area contributed by atoms with Gasteiger partial charge in [0.25, 0.3) is 0 Å². The largest absolute Gasteiger partial charge is 0.243 e. The zero-order valence-corrected chi connectivity index (χ0v) is 13.5. The third-order valence-corrected chi connectivity index (χ3v) is 5.92. The van der Waals surface area contributed by atoms with Gasteiger partial charge in [0.05, 0.1) is 11.0 Å². The van der Waals surface area contributed by atoms with Gasteiger partial charge in [0.15, 0.2) is 0 Å². The molecule has 0 radical (unpaired) electrons. The van der Waals surface area contributed by atoms with Crippen molar-refractivity contribution in [1.82, 2.24) is 9.97 Å². The van der Waals surface area contributed by atoms with E-state index in [-0.39, 0.29) is 0 Å². The van der Waals surface area contributed by atoms with Crippen molar-refractivity contribution in [1.29, 1.82) is 0 Å². The Kier molecular flexibility index (Phi) is 2.62. The molecule has 92 valence electrons. The third-order valence-electron chi connectivity index (χ3n) is 3.02. The number of aromatic nitrogens is 2. The van der Waals surface area contributed by atoms with Crippen LogP contribution in [0, 0.1) is 0 Å². The zero-order valence-electron chi connectivity index (χ0n) is 9.52. The van der Waals surface area contributed by atoms with Crippen molar-refractivity contribution in [2.24, 2.45) is 0 Å². The van der Waals surface area contributed by atoms with Crippen LogP contribution in [0.3, 0.4) is 0 Å². The molecular weight excluding hydrogens is 388 g/mol. The number of rotatable bonds is 0. The molecule has 4 rings (SSSR count). The lowest BCUT2D eigenvalue weighted by molar-refractivity contribution is 1.42. The van der Waals surface area contributed by atoms with E-state index < -0.39 is 0 Å². The normalized spacial score (nSPS) is 11.7. The summed E-state index contributed by atoms with van der Waals surface area (Å²) in [5, 5.41) is 1.18. The Labute approximate surface area is 129 Å². The Morgan fingerprint density at radius 3 is 2.37 bits per heavy atom. The van der Waals surface area contributed by atoms with Crippen LogP contribution in [0.5, 0.6) is 0 Å². The predicted octanol–water partition coefficient (Wildman–Crippen LogP) is 5.52. The Balaban J connectivity index is 2.21. The number of thiophene rings is 1. The summed E-state index contributed by atoms with van der Waals surface area (Å²) < 4.78 is 3.22. The van der Waals surface area contributed by atoms with Crippen LogP contribution < -0.4 is 0 Å². The Morgan fingerprint density at radius 2 is 1.58 bits per heavy atom. The molecule has 5 heteroatoms. The monoisotopic (exact) mass is 392 g/mol. The lowest BCUT2D eigenvalue weighted by Crippen LogP contribution is -1.85. The van der Waals surface area contributed by atoms with Crippen LogP contribution in [0.4, 0.5) is 0 Å². The van der Waals surface area contributed by atoms with Crippen LogP contribution in [0.2, 0.25) is 0 Å². The highest BCUT2D eigenvalue weighted by Gasteiger charge is 2.10. The molecule has 0 fully saturated rings. The maximum Gasteiger partial charge on any atom is 0.143 e. The number of halogens is 2. The lowest BCUT2D eigenvalue weighted by Gasteiger charge is -2.00. The average molecular weight is 394 g/mol. The van der Waals surface area contributed by atoms with Gasteiger partial charge in [0.2, 0.25) is 0 Å². The molecule has 0 amide bonds. The summed E-state index contributed by atoms with van der Waals surface area (Å²) >= 11 is 8.70. The van der Waals surface area contributed by atoms with E-state index >= 15 is 0 Å². The second-order valence-corrected chi connectivity index (χ2v) is 6.97. The maximum atomic E-state index is 4.76. The molecule has 0 aliphatic carbocycles. The summed E-state index contributed by atoms with van der Waals surface area (Å²) in [7, 11) is 0. The van der Waals surface area contributed by atoms with E-state index in [1.165, 1.54) is 10.1 Å². The number of hydrogen-bond donors (Lipinski definition) is 0. The fourth-order valence-corrected chi connectivity index (χ4v) is 3.83. The standard InChI is InChI=1S/C14H6Br2N2S/c15-8-5-10-11(6-9(8)16)18-14-13(17-10)7-3-1-2-4-12(7)19-14/h1-6H. The molecule has 2 heterocycles. The highest BCUT2D eigenvalue weighted by molar-refractivity contribution is 9.13. The second kappa shape index (κ2) is 4.23. The fraction of sp³-hybridized carbons (Fsp3) is 0. The first-order chi connectivity index (χ1) is 9.22. The molecule has 0 atom stereocenters. The quantitative estimate of drug-likeness (QED) is 0.393. The van der Waals surface area contributed by atoms with Crippen molar-refractivity contribution in [3.63, 3.8) is 0 Å². The third kappa shape index (κ3) is 1.80. The fourth-order valence-electron chi connectivity index (χ4n) is 2.14. The van der Waals surface area contributed by atoms with Gasteiger partial charge in [0, 0.05) is 19.0 Å². The van der Waals surface area contributed by atoms with Gasteiger partial charge in [-0.2, -0.15) is 0 Å². The van der Waals surface area contributed by atoms with Crippen LogP contribution in [-0.2, 0) is 0 Å². The van der Waals surface area contributed by atoms with Crippen molar-refractivity contribution < 1.29 is 0 Å². The van der Waals surface area contributed by atoms with E-state index in [0.717, 1.165) is 30.3 Å². The summed E-state index contributed by atoms with van der Waals surface area (Å²) in [5.74, 6) is 0.